The van der Waals surface area contributed by atoms with Crippen molar-refractivity contribution < 1.29 is 9.53 Å². The Morgan fingerprint density at radius 3 is 3.00 bits per heavy atom. The number of nitrogens with one attached hydrogen (secondary N) is 1. The highest BCUT2D eigenvalue weighted by Gasteiger charge is 2.42. The lowest BCUT2D eigenvalue weighted by atomic mass is 10.2. The van der Waals surface area contributed by atoms with Crippen LogP contribution in [-0.2, 0) is 4.74 Å². The molecule has 1 aromatic heterocycles. The molecule has 4 heterocycles. The maximum atomic E-state index is 11.7. The third kappa shape index (κ3) is 2.68. The second-order valence-electron chi connectivity index (χ2n) is 6.27. The van der Waals surface area contributed by atoms with E-state index in [1.54, 1.807) is 19.6 Å². The number of hydrogen-bond donors (Lipinski definition) is 2. The summed E-state index contributed by atoms with van der Waals surface area (Å²) in [5.74, 6) is 0.476. The lowest BCUT2D eigenvalue weighted by Gasteiger charge is -2.31. The van der Waals surface area contributed by atoms with Gasteiger partial charge < -0.3 is 20.7 Å². The zero-order valence-corrected chi connectivity index (χ0v) is 14.0. The molecule has 0 aliphatic carbocycles. The van der Waals surface area contributed by atoms with Gasteiger partial charge in [-0.05, 0) is 19.8 Å². The van der Waals surface area contributed by atoms with Gasteiger partial charge in [0.05, 0.1) is 24.2 Å². The number of nitrogens with zero attached hydrogens (tertiary/aromatic N) is 6. The normalized spacial score (nSPS) is 30.9. The monoisotopic (exact) mass is 344 g/mol. The first-order valence-corrected chi connectivity index (χ1v) is 8.22. The predicted octanol–water partition coefficient (Wildman–Crippen LogP) is -0.619. The average Bonchev–Trinajstić information content (AvgIpc) is 3.32. The minimum Gasteiger partial charge on any atom is -0.385 e. The zero-order valence-electron chi connectivity index (χ0n) is 14.0. The summed E-state index contributed by atoms with van der Waals surface area (Å²) >= 11 is 0. The fourth-order valence-corrected chi connectivity index (χ4v) is 3.20. The smallest absolute Gasteiger partial charge is 0.254 e. The molecule has 3 N–H and O–H groups in total. The number of fused-ring (bicyclic) bond motifs is 1. The van der Waals surface area contributed by atoms with Crippen molar-refractivity contribution >= 4 is 24.0 Å². The van der Waals surface area contributed by atoms with Crippen molar-refractivity contribution in [1.82, 2.24) is 20.0 Å². The average molecular weight is 344 g/mol. The quantitative estimate of drug-likeness (QED) is 0.740. The Morgan fingerprint density at radius 1 is 1.44 bits per heavy atom. The molecular weight excluding hydrogens is 324 g/mol. The molecule has 10 nitrogen and oxygen atoms in total. The first-order valence-electron chi connectivity index (χ1n) is 8.22. The Morgan fingerprint density at radius 2 is 2.28 bits per heavy atom. The molecule has 0 aromatic carbocycles. The van der Waals surface area contributed by atoms with Crippen molar-refractivity contribution in [3.63, 3.8) is 0 Å². The molecule has 4 rings (SSSR count). The predicted molar refractivity (Wildman–Crippen MR) is 91.5 cm³/mol. The van der Waals surface area contributed by atoms with Gasteiger partial charge in [0, 0.05) is 13.2 Å². The largest absolute Gasteiger partial charge is 0.385 e. The van der Waals surface area contributed by atoms with Crippen LogP contribution >= 0.6 is 0 Å². The molecule has 132 valence electrons. The maximum absolute atomic E-state index is 11.7. The fourth-order valence-electron chi connectivity index (χ4n) is 3.20. The number of hydrogen-bond acceptors (Lipinski definition) is 8. The molecule has 1 amide bonds. The summed E-state index contributed by atoms with van der Waals surface area (Å²) in [6, 6.07) is -0.322. The highest BCUT2D eigenvalue weighted by molar-refractivity contribution is 6.03. The van der Waals surface area contributed by atoms with E-state index < -0.39 is 0 Å². The van der Waals surface area contributed by atoms with E-state index in [-0.39, 0.29) is 30.4 Å². The van der Waals surface area contributed by atoms with E-state index in [0.717, 1.165) is 12.8 Å². The number of nitrogens with two attached hydrogens (primary N) is 1. The Labute approximate surface area is 144 Å². The van der Waals surface area contributed by atoms with Gasteiger partial charge in [0.1, 0.15) is 18.1 Å². The molecule has 10 heteroatoms. The summed E-state index contributed by atoms with van der Waals surface area (Å²) in [6.45, 7) is 2.06. The number of rotatable bonds is 2. The summed E-state index contributed by atoms with van der Waals surface area (Å²) in [5.41, 5.74) is 6.52. The van der Waals surface area contributed by atoms with E-state index in [2.05, 4.69) is 32.3 Å². The van der Waals surface area contributed by atoms with E-state index in [1.807, 2.05) is 4.90 Å². The van der Waals surface area contributed by atoms with Crippen LogP contribution < -0.4 is 11.1 Å². The van der Waals surface area contributed by atoms with E-state index in [4.69, 9.17) is 10.5 Å². The number of carbonyl (C=O) groups is 1. The minimum absolute atomic E-state index is 0.0660. The maximum Gasteiger partial charge on any atom is 0.254 e. The van der Waals surface area contributed by atoms with Crippen LogP contribution in [0.4, 0.5) is 0 Å². The second kappa shape index (κ2) is 5.96. The van der Waals surface area contributed by atoms with Crippen LogP contribution in [0.3, 0.4) is 0 Å². The van der Waals surface area contributed by atoms with Gasteiger partial charge in [-0.2, -0.15) is 10.1 Å². The van der Waals surface area contributed by atoms with Crippen LogP contribution in [0.1, 0.15) is 30.1 Å². The molecule has 0 radical (unpaired) electrons. The first-order chi connectivity index (χ1) is 12.1. The third-order valence-electron chi connectivity index (χ3n) is 4.55. The Balaban J connectivity index is 1.61. The molecule has 25 heavy (non-hydrogen) atoms. The second-order valence-corrected chi connectivity index (χ2v) is 6.27. The number of aliphatic imine (C=N–C) groups is 3. The molecule has 4 atom stereocenters. The third-order valence-corrected chi connectivity index (χ3v) is 4.55. The summed E-state index contributed by atoms with van der Waals surface area (Å²) in [5, 5.41) is 6.72. The van der Waals surface area contributed by atoms with Crippen LogP contribution in [0.2, 0.25) is 0 Å². The molecule has 4 unspecified atom stereocenters. The van der Waals surface area contributed by atoms with Gasteiger partial charge in [-0.1, -0.05) is 0 Å². The lowest BCUT2D eigenvalue weighted by Crippen LogP contribution is -2.49. The lowest BCUT2D eigenvalue weighted by molar-refractivity contribution is -0.0248. The van der Waals surface area contributed by atoms with Crippen LogP contribution in [-0.4, -0.2) is 70.3 Å². The van der Waals surface area contributed by atoms with Gasteiger partial charge in [0.25, 0.3) is 5.91 Å². The standard InChI is InChI=1S/C15H20N8O2/c1-8-3-4-10(25-8)22-7-18-11-12(16)20-15(21-13(11)22)23-6-9(5-19-23)14(24)17-2/h5-8,10-11,13H,3-4H2,1-2H3,(H,17,24)(H2,16,20,21). The van der Waals surface area contributed by atoms with Crippen molar-refractivity contribution in [2.45, 2.75) is 44.3 Å². The van der Waals surface area contributed by atoms with Gasteiger partial charge in [-0.15, -0.1) is 0 Å². The van der Waals surface area contributed by atoms with E-state index in [1.165, 1.54) is 10.9 Å². The molecule has 3 aliphatic rings. The van der Waals surface area contributed by atoms with Crippen LogP contribution in [0.5, 0.6) is 0 Å². The Bertz CT molecular complexity index is 782. The molecule has 1 fully saturated rings. The highest BCUT2D eigenvalue weighted by Crippen LogP contribution is 2.29. The Kier molecular flexibility index (Phi) is 3.75. The van der Waals surface area contributed by atoms with Gasteiger partial charge in [0.2, 0.25) is 5.96 Å². The summed E-state index contributed by atoms with van der Waals surface area (Å²) in [6.07, 6.45) is 6.54. The molecule has 3 aliphatic heterocycles. The molecular formula is C15H20N8O2. The van der Waals surface area contributed by atoms with Gasteiger partial charge in [-0.25, -0.2) is 9.67 Å². The highest BCUT2D eigenvalue weighted by atomic mass is 16.5. The van der Waals surface area contributed by atoms with E-state index in [9.17, 15) is 4.79 Å². The summed E-state index contributed by atoms with van der Waals surface area (Å²) in [7, 11) is 1.56. The summed E-state index contributed by atoms with van der Waals surface area (Å²) in [4.78, 5) is 27.1. The van der Waals surface area contributed by atoms with Gasteiger partial charge in [-0.3, -0.25) is 9.79 Å². The van der Waals surface area contributed by atoms with Crippen molar-refractivity contribution in [3.8, 4) is 0 Å². The van der Waals surface area contributed by atoms with E-state index >= 15 is 0 Å². The topological polar surface area (TPSA) is 122 Å². The number of aromatic nitrogens is 2. The van der Waals surface area contributed by atoms with Crippen molar-refractivity contribution in [2.75, 3.05) is 7.05 Å². The number of amidine groups is 1. The minimum atomic E-state index is -0.322. The molecule has 0 bridgehead atoms. The van der Waals surface area contributed by atoms with Crippen LogP contribution in [0.25, 0.3) is 0 Å². The van der Waals surface area contributed by atoms with Crippen molar-refractivity contribution in [3.05, 3.63) is 18.0 Å². The van der Waals surface area contributed by atoms with Crippen molar-refractivity contribution in [2.24, 2.45) is 20.7 Å². The molecule has 0 saturated carbocycles. The van der Waals surface area contributed by atoms with E-state index in [0.29, 0.717) is 17.4 Å². The zero-order chi connectivity index (χ0) is 17.6. The number of carbonyl (C=O) groups excluding carboxylic acids is 1. The van der Waals surface area contributed by atoms with Crippen LogP contribution in [0, 0.1) is 0 Å². The molecule has 1 aromatic rings. The van der Waals surface area contributed by atoms with Crippen LogP contribution in [0.15, 0.2) is 27.4 Å². The SMILES string of the molecule is CNC(=O)c1cnn(C2=NC3C(N=CN3C3CCC(C)O3)C(N)=N2)c1. The first kappa shape index (κ1) is 15.8. The summed E-state index contributed by atoms with van der Waals surface area (Å²) < 4.78 is 7.38. The molecule has 0 spiro atoms. The number of amides is 1. The fraction of sp³-hybridized carbons (Fsp3) is 0.533. The molecule has 1 saturated heterocycles. The van der Waals surface area contributed by atoms with Crippen molar-refractivity contribution in [1.29, 1.82) is 0 Å². The van der Waals surface area contributed by atoms with Gasteiger partial charge >= 0.3 is 0 Å². The Hall–Kier alpha value is -2.75. The van der Waals surface area contributed by atoms with Gasteiger partial charge in [0.15, 0.2) is 6.17 Å². The number of ether oxygens (including phenoxy) is 1.